The van der Waals surface area contributed by atoms with Gasteiger partial charge in [-0.3, -0.25) is 0 Å². The Balaban J connectivity index is 1.25. The maximum Gasteiger partial charge on any atom is 0.166 e. The molecule has 55 heavy (non-hydrogen) atoms. The van der Waals surface area contributed by atoms with Crippen molar-refractivity contribution >= 4 is 54.1 Å². The molecule has 0 bridgehead atoms. The predicted molar refractivity (Wildman–Crippen MR) is 228 cm³/mol. The number of aromatic nitrogens is 4. The minimum atomic E-state index is 0.616. The average Bonchev–Trinajstić information content (AvgIpc) is 3.59. The number of nitrogens with zero attached hydrogens (tertiary/aromatic N) is 4. The van der Waals surface area contributed by atoms with E-state index in [-0.39, 0.29) is 0 Å². The Kier molecular flexibility index (Phi) is 7.14. The highest BCUT2D eigenvalue weighted by atomic mass is 15.1. The molecular formula is C51H32N4. The van der Waals surface area contributed by atoms with Gasteiger partial charge in [0.15, 0.2) is 17.5 Å². The van der Waals surface area contributed by atoms with Crippen molar-refractivity contribution in [2.24, 2.45) is 0 Å². The summed E-state index contributed by atoms with van der Waals surface area (Å²) >= 11 is 0. The molecule has 2 heterocycles. The molecule has 0 radical (unpaired) electrons. The summed E-state index contributed by atoms with van der Waals surface area (Å²) in [5, 5.41) is 9.47. The summed E-state index contributed by atoms with van der Waals surface area (Å²) in [7, 11) is 0. The van der Waals surface area contributed by atoms with Crippen molar-refractivity contribution in [2.45, 2.75) is 0 Å². The smallest absolute Gasteiger partial charge is 0.166 e. The van der Waals surface area contributed by atoms with Gasteiger partial charge in [0.25, 0.3) is 0 Å². The summed E-state index contributed by atoms with van der Waals surface area (Å²) in [5.74, 6) is 1.87. The van der Waals surface area contributed by atoms with Crippen LogP contribution in [0.1, 0.15) is 0 Å². The second kappa shape index (κ2) is 12.6. The van der Waals surface area contributed by atoms with Crippen LogP contribution in [0, 0.1) is 0 Å². The zero-order valence-electron chi connectivity index (χ0n) is 29.8. The first-order valence-corrected chi connectivity index (χ1v) is 18.6. The molecule has 11 rings (SSSR count). The quantitative estimate of drug-likeness (QED) is 0.179. The van der Waals surface area contributed by atoms with Gasteiger partial charge in [-0.05, 0) is 68.4 Å². The summed E-state index contributed by atoms with van der Waals surface area (Å²) in [4.78, 5) is 15.8. The Morgan fingerprint density at radius 2 is 0.855 bits per heavy atom. The van der Waals surface area contributed by atoms with Crippen molar-refractivity contribution in [1.82, 2.24) is 19.5 Å². The van der Waals surface area contributed by atoms with Crippen molar-refractivity contribution in [3.63, 3.8) is 0 Å². The van der Waals surface area contributed by atoms with Gasteiger partial charge in [0.2, 0.25) is 0 Å². The fourth-order valence-corrected chi connectivity index (χ4v) is 8.12. The fourth-order valence-electron chi connectivity index (χ4n) is 8.12. The van der Waals surface area contributed by atoms with Crippen LogP contribution in [0.3, 0.4) is 0 Å². The van der Waals surface area contributed by atoms with Crippen LogP contribution in [0.2, 0.25) is 0 Å². The largest absolute Gasteiger partial charge is 0.308 e. The van der Waals surface area contributed by atoms with Crippen molar-refractivity contribution in [3.8, 4) is 51.0 Å². The molecule has 0 unspecified atom stereocenters. The lowest BCUT2D eigenvalue weighted by molar-refractivity contribution is 1.07. The van der Waals surface area contributed by atoms with Crippen LogP contribution in [0.5, 0.6) is 0 Å². The van der Waals surface area contributed by atoms with Gasteiger partial charge in [0, 0.05) is 32.8 Å². The molecular weight excluding hydrogens is 669 g/mol. The van der Waals surface area contributed by atoms with Crippen LogP contribution >= 0.6 is 0 Å². The normalized spacial score (nSPS) is 11.6. The lowest BCUT2D eigenvalue weighted by atomic mass is 10.0. The zero-order valence-corrected chi connectivity index (χ0v) is 29.8. The van der Waals surface area contributed by atoms with Gasteiger partial charge in [-0.15, -0.1) is 0 Å². The first-order chi connectivity index (χ1) is 27.2. The Morgan fingerprint density at radius 1 is 0.309 bits per heavy atom. The third kappa shape index (κ3) is 5.26. The molecule has 256 valence electrons. The molecule has 0 fully saturated rings. The molecule has 0 amide bonds. The van der Waals surface area contributed by atoms with E-state index in [1.165, 1.54) is 32.3 Å². The topological polar surface area (TPSA) is 43.6 Å². The third-order valence-corrected chi connectivity index (χ3v) is 10.8. The van der Waals surface area contributed by atoms with E-state index in [0.29, 0.717) is 17.5 Å². The van der Waals surface area contributed by atoms with E-state index in [9.17, 15) is 0 Å². The van der Waals surface area contributed by atoms with Gasteiger partial charge in [0.05, 0.1) is 16.7 Å². The number of benzene rings is 9. The van der Waals surface area contributed by atoms with E-state index >= 15 is 0 Å². The Hall–Kier alpha value is -7.43. The summed E-state index contributed by atoms with van der Waals surface area (Å²) < 4.78 is 2.45. The Bertz CT molecular complexity index is 3260. The summed E-state index contributed by atoms with van der Waals surface area (Å²) in [6.45, 7) is 0. The fraction of sp³-hybridized carbons (Fsp3) is 0. The van der Waals surface area contributed by atoms with Crippen molar-refractivity contribution in [1.29, 1.82) is 0 Å². The highest BCUT2D eigenvalue weighted by molar-refractivity contribution is 6.21. The molecule has 4 heteroatoms. The van der Waals surface area contributed by atoms with Gasteiger partial charge >= 0.3 is 0 Å². The van der Waals surface area contributed by atoms with Gasteiger partial charge in [-0.1, -0.05) is 164 Å². The zero-order chi connectivity index (χ0) is 36.3. The first kappa shape index (κ1) is 31.1. The van der Waals surface area contributed by atoms with Gasteiger partial charge < -0.3 is 4.57 Å². The minimum absolute atomic E-state index is 0.616. The van der Waals surface area contributed by atoms with E-state index in [0.717, 1.165) is 55.3 Å². The molecule has 4 nitrogen and oxygen atoms in total. The van der Waals surface area contributed by atoms with Crippen LogP contribution in [0.15, 0.2) is 194 Å². The lowest BCUT2D eigenvalue weighted by Gasteiger charge is -2.17. The van der Waals surface area contributed by atoms with Crippen molar-refractivity contribution in [2.75, 3.05) is 0 Å². The Morgan fingerprint density at radius 3 is 1.60 bits per heavy atom. The molecule has 0 saturated heterocycles. The van der Waals surface area contributed by atoms with Crippen molar-refractivity contribution in [3.05, 3.63) is 194 Å². The highest BCUT2D eigenvalue weighted by Gasteiger charge is 2.22. The summed E-state index contributed by atoms with van der Waals surface area (Å²) in [6.07, 6.45) is 0. The predicted octanol–water partition coefficient (Wildman–Crippen LogP) is 13.1. The maximum absolute atomic E-state index is 5.35. The molecule has 0 saturated carbocycles. The molecule has 0 N–H and O–H groups in total. The average molecular weight is 701 g/mol. The van der Waals surface area contributed by atoms with E-state index in [2.05, 4.69) is 174 Å². The number of fused-ring (bicyclic) bond motifs is 7. The second-order valence-electron chi connectivity index (χ2n) is 14.1. The minimum Gasteiger partial charge on any atom is -0.308 e. The highest BCUT2D eigenvalue weighted by Crippen LogP contribution is 2.42. The van der Waals surface area contributed by atoms with Gasteiger partial charge in [0.1, 0.15) is 0 Å². The molecule has 11 aromatic rings. The van der Waals surface area contributed by atoms with Crippen LogP contribution in [-0.2, 0) is 0 Å². The van der Waals surface area contributed by atoms with Crippen molar-refractivity contribution < 1.29 is 0 Å². The maximum atomic E-state index is 5.35. The van der Waals surface area contributed by atoms with E-state index in [1.54, 1.807) is 0 Å². The monoisotopic (exact) mass is 700 g/mol. The summed E-state index contributed by atoms with van der Waals surface area (Å²) in [5.41, 5.74) is 8.35. The van der Waals surface area contributed by atoms with E-state index in [1.807, 2.05) is 24.3 Å². The third-order valence-electron chi connectivity index (χ3n) is 10.8. The first-order valence-electron chi connectivity index (χ1n) is 18.6. The van der Waals surface area contributed by atoms with Crippen LogP contribution < -0.4 is 0 Å². The molecule has 0 aliphatic heterocycles. The molecule has 0 atom stereocenters. The Labute approximate surface area is 317 Å². The van der Waals surface area contributed by atoms with E-state index < -0.39 is 0 Å². The van der Waals surface area contributed by atoms with Gasteiger partial charge in [-0.2, -0.15) is 0 Å². The number of rotatable bonds is 5. The SMILES string of the molecule is c1ccc(-c2cccc(-c3nc(-c4ccccc4)nc(-c4cc5ccccc5cc4-n4c5cc6ccccc6cc5c5ccc6ccccc6c54)n3)c2)cc1. The molecule has 2 aromatic heterocycles. The second-order valence-corrected chi connectivity index (χ2v) is 14.1. The molecule has 0 aliphatic rings. The van der Waals surface area contributed by atoms with Crippen LogP contribution in [0.25, 0.3) is 105 Å². The molecule has 0 spiro atoms. The van der Waals surface area contributed by atoms with E-state index in [4.69, 9.17) is 15.0 Å². The van der Waals surface area contributed by atoms with Crippen LogP contribution in [0.4, 0.5) is 0 Å². The van der Waals surface area contributed by atoms with Crippen LogP contribution in [-0.4, -0.2) is 19.5 Å². The standard InChI is InChI=1S/C51H32N4/c1-3-14-33(15-4-1)36-23-13-24-41(28-36)50-52-49(35-17-5-2-6-18-35)53-51(54-50)45-30-38-20-8-10-22-40(38)32-47(45)55-46-31-39-21-9-7-19-37(39)29-44(46)43-27-26-34-16-11-12-25-42(34)48(43)55/h1-32H. The summed E-state index contributed by atoms with van der Waals surface area (Å²) in [6, 6.07) is 68.8. The molecule has 0 aliphatic carbocycles. The number of hydrogen-bond donors (Lipinski definition) is 0. The number of hydrogen-bond acceptors (Lipinski definition) is 3. The lowest BCUT2D eigenvalue weighted by Crippen LogP contribution is -2.04. The van der Waals surface area contributed by atoms with Gasteiger partial charge in [-0.25, -0.2) is 15.0 Å². The molecule has 9 aromatic carbocycles.